The van der Waals surface area contributed by atoms with Crippen molar-refractivity contribution in [3.05, 3.63) is 33.8 Å². The molecule has 0 aliphatic heterocycles. The number of rotatable bonds is 2. The quantitative estimate of drug-likeness (QED) is 0.597. The molecule has 0 atom stereocenters. The fourth-order valence-corrected chi connectivity index (χ4v) is 1.60. The van der Waals surface area contributed by atoms with E-state index in [1.165, 1.54) is 4.90 Å². The molecule has 1 aromatic carbocycles. The zero-order chi connectivity index (χ0) is 10.7. The average molecular weight is 277 g/mol. The van der Waals surface area contributed by atoms with Crippen LogP contribution in [0.3, 0.4) is 0 Å². The minimum Gasteiger partial charge on any atom is -0.328 e. The summed E-state index contributed by atoms with van der Waals surface area (Å²) in [5.41, 5.74) is 2.24. The van der Waals surface area contributed by atoms with E-state index in [9.17, 15) is 4.79 Å². The summed E-state index contributed by atoms with van der Waals surface area (Å²) >= 11 is 8.73. The molecular formula is C10H11BrClNO. The maximum atomic E-state index is 10.8. The van der Waals surface area contributed by atoms with Gasteiger partial charge >= 0.3 is 5.37 Å². The Labute approximate surface area is 97.0 Å². The van der Waals surface area contributed by atoms with E-state index in [1.807, 2.05) is 25.1 Å². The number of benzene rings is 1. The second-order valence-corrected chi connectivity index (χ2v) is 4.42. The molecule has 4 heteroatoms. The van der Waals surface area contributed by atoms with Crippen molar-refractivity contribution in [1.29, 1.82) is 0 Å². The van der Waals surface area contributed by atoms with Gasteiger partial charge in [-0.25, -0.2) is 0 Å². The number of nitrogens with zero attached hydrogens (tertiary/aromatic N) is 1. The van der Waals surface area contributed by atoms with Crippen LogP contribution in [0.25, 0.3) is 0 Å². The van der Waals surface area contributed by atoms with Gasteiger partial charge in [0.1, 0.15) is 0 Å². The number of aryl methyl sites for hydroxylation is 1. The van der Waals surface area contributed by atoms with Crippen molar-refractivity contribution >= 4 is 32.9 Å². The lowest BCUT2D eigenvalue weighted by atomic mass is 10.1. The third-order valence-corrected chi connectivity index (χ3v) is 2.80. The van der Waals surface area contributed by atoms with Crippen LogP contribution in [0.4, 0.5) is 4.79 Å². The van der Waals surface area contributed by atoms with Gasteiger partial charge in [-0.15, -0.1) is 0 Å². The first-order valence-electron chi connectivity index (χ1n) is 4.16. The van der Waals surface area contributed by atoms with Crippen LogP contribution in [0.2, 0.25) is 0 Å². The Hall–Kier alpha value is -0.540. The number of hydrogen-bond donors (Lipinski definition) is 0. The highest BCUT2D eigenvalue weighted by atomic mass is 79.9. The minimum atomic E-state index is -0.440. The van der Waals surface area contributed by atoms with Gasteiger partial charge in [0, 0.05) is 18.1 Å². The standard InChI is InChI=1S/C10H11BrClNO/c1-7-3-4-9(11)5-8(7)6-13(2)10(12)14/h3-5H,6H2,1-2H3. The van der Waals surface area contributed by atoms with E-state index >= 15 is 0 Å². The number of halogens is 2. The summed E-state index contributed by atoms with van der Waals surface area (Å²) in [6.45, 7) is 2.54. The zero-order valence-corrected chi connectivity index (χ0v) is 10.4. The van der Waals surface area contributed by atoms with Crippen molar-refractivity contribution in [3.63, 3.8) is 0 Å². The first-order chi connectivity index (χ1) is 6.50. The number of carbonyl (C=O) groups is 1. The van der Waals surface area contributed by atoms with Crippen molar-refractivity contribution in [2.75, 3.05) is 7.05 Å². The van der Waals surface area contributed by atoms with Gasteiger partial charge in [-0.3, -0.25) is 4.79 Å². The fourth-order valence-electron chi connectivity index (χ4n) is 1.13. The van der Waals surface area contributed by atoms with Crippen LogP contribution in [0.1, 0.15) is 11.1 Å². The predicted octanol–water partition coefficient (Wildman–Crippen LogP) is 3.55. The molecule has 1 rings (SSSR count). The summed E-state index contributed by atoms with van der Waals surface area (Å²) in [6.07, 6.45) is 0. The maximum Gasteiger partial charge on any atom is 0.316 e. The van der Waals surface area contributed by atoms with Crippen LogP contribution in [-0.2, 0) is 6.54 Å². The van der Waals surface area contributed by atoms with Crippen molar-refractivity contribution in [2.24, 2.45) is 0 Å². The fraction of sp³-hybridized carbons (Fsp3) is 0.300. The molecule has 0 radical (unpaired) electrons. The summed E-state index contributed by atoms with van der Waals surface area (Å²) < 4.78 is 1.01. The highest BCUT2D eigenvalue weighted by Gasteiger charge is 2.07. The molecule has 1 aromatic rings. The molecular weight excluding hydrogens is 265 g/mol. The summed E-state index contributed by atoms with van der Waals surface area (Å²) in [7, 11) is 1.68. The van der Waals surface area contributed by atoms with E-state index in [0.717, 1.165) is 15.6 Å². The SMILES string of the molecule is Cc1ccc(Br)cc1CN(C)C(=O)Cl. The van der Waals surface area contributed by atoms with Crippen molar-refractivity contribution in [1.82, 2.24) is 4.90 Å². The maximum absolute atomic E-state index is 10.8. The van der Waals surface area contributed by atoms with E-state index in [1.54, 1.807) is 7.05 Å². The van der Waals surface area contributed by atoms with Crippen LogP contribution in [-0.4, -0.2) is 17.3 Å². The minimum absolute atomic E-state index is 0.440. The molecule has 0 unspecified atom stereocenters. The number of amides is 1. The smallest absolute Gasteiger partial charge is 0.316 e. The first-order valence-corrected chi connectivity index (χ1v) is 5.33. The van der Waals surface area contributed by atoms with E-state index in [2.05, 4.69) is 15.9 Å². The van der Waals surface area contributed by atoms with E-state index in [-0.39, 0.29) is 0 Å². The average Bonchev–Trinajstić information content (AvgIpc) is 2.11. The molecule has 0 aliphatic rings. The molecule has 0 N–H and O–H groups in total. The molecule has 0 bridgehead atoms. The third-order valence-electron chi connectivity index (χ3n) is 2.02. The Bertz CT molecular complexity index is 354. The van der Waals surface area contributed by atoms with Crippen LogP contribution in [0.5, 0.6) is 0 Å². The molecule has 0 spiro atoms. The van der Waals surface area contributed by atoms with E-state index in [4.69, 9.17) is 11.6 Å². The summed E-state index contributed by atoms with van der Waals surface area (Å²) in [6, 6.07) is 5.97. The Morgan fingerprint density at radius 3 is 2.79 bits per heavy atom. The molecule has 0 aromatic heterocycles. The zero-order valence-electron chi connectivity index (χ0n) is 8.05. The summed E-state index contributed by atoms with van der Waals surface area (Å²) in [4.78, 5) is 12.3. The molecule has 1 amide bonds. The molecule has 2 nitrogen and oxygen atoms in total. The van der Waals surface area contributed by atoms with Gasteiger partial charge in [-0.2, -0.15) is 0 Å². The first kappa shape index (κ1) is 11.5. The van der Waals surface area contributed by atoms with Gasteiger partial charge in [-0.05, 0) is 41.8 Å². The highest BCUT2D eigenvalue weighted by molar-refractivity contribution is 9.10. The third kappa shape index (κ3) is 3.00. The summed E-state index contributed by atoms with van der Waals surface area (Å²) in [5, 5.41) is -0.440. The molecule has 0 fully saturated rings. The van der Waals surface area contributed by atoms with Gasteiger partial charge in [0.15, 0.2) is 0 Å². The predicted molar refractivity (Wildman–Crippen MR) is 61.6 cm³/mol. The van der Waals surface area contributed by atoms with Gasteiger partial charge < -0.3 is 4.90 Å². The lowest BCUT2D eigenvalue weighted by molar-refractivity contribution is 0.230. The largest absolute Gasteiger partial charge is 0.328 e. The Morgan fingerprint density at radius 2 is 2.21 bits per heavy atom. The lowest BCUT2D eigenvalue weighted by Crippen LogP contribution is -2.20. The van der Waals surface area contributed by atoms with Crippen LogP contribution in [0, 0.1) is 6.92 Å². The normalized spacial score (nSPS) is 10.0. The van der Waals surface area contributed by atoms with Crippen LogP contribution in [0.15, 0.2) is 22.7 Å². The Kier molecular flexibility index (Phi) is 3.96. The van der Waals surface area contributed by atoms with E-state index < -0.39 is 5.37 Å². The van der Waals surface area contributed by atoms with Crippen molar-refractivity contribution in [2.45, 2.75) is 13.5 Å². The second kappa shape index (κ2) is 4.80. The van der Waals surface area contributed by atoms with Gasteiger partial charge in [0.05, 0.1) is 0 Å². The van der Waals surface area contributed by atoms with E-state index in [0.29, 0.717) is 6.54 Å². The van der Waals surface area contributed by atoms with Gasteiger partial charge in [-0.1, -0.05) is 22.0 Å². The van der Waals surface area contributed by atoms with Gasteiger partial charge in [0.2, 0.25) is 0 Å². The highest BCUT2D eigenvalue weighted by Crippen LogP contribution is 2.17. The molecule has 0 saturated heterocycles. The number of hydrogen-bond acceptors (Lipinski definition) is 1. The van der Waals surface area contributed by atoms with Crippen molar-refractivity contribution < 1.29 is 4.79 Å². The number of carbonyl (C=O) groups excluding carboxylic acids is 1. The topological polar surface area (TPSA) is 20.3 Å². The molecule has 0 heterocycles. The van der Waals surface area contributed by atoms with Gasteiger partial charge in [0.25, 0.3) is 0 Å². The Balaban J connectivity index is 2.85. The van der Waals surface area contributed by atoms with Crippen LogP contribution < -0.4 is 0 Å². The lowest BCUT2D eigenvalue weighted by Gasteiger charge is -2.15. The molecule has 0 saturated carbocycles. The molecule has 14 heavy (non-hydrogen) atoms. The second-order valence-electron chi connectivity index (χ2n) is 3.18. The monoisotopic (exact) mass is 275 g/mol. The Morgan fingerprint density at radius 1 is 1.57 bits per heavy atom. The molecule has 76 valence electrons. The van der Waals surface area contributed by atoms with Crippen LogP contribution >= 0.6 is 27.5 Å². The summed E-state index contributed by atoms with van der Waals surface area (Å²) in [5.74, 6) is 0. The molecule has 0 aliphatic carbocycles. The van der Waals surface area contributed by atoms with Crippen molar-refractivity contribution in [3.8, 4) is 0 Å².